The van der Waals surface area contributed by atoms with Gasteiger partial charge >= 0.3 is 5.97 Å². The van der Waals surface area contributed by atoms with Crippen LogP contribution in [0.5, 0.6) is 0 Å². The molecule has 4 rings (SSSR count). The van der Waals surface area contributed by atoms with Gasteiger partial charge in [-0.2, -0.15) is 13.5 Å². The molecule has 8 heteroatoms. The molecule has 0 saturated heterocycles. The summed E-state index contributed by atoms with van der Waals surface area (Å²) in [7, 11) is -4.13. The van der Waals surface area contributed by atoms with E-state index in [2.05, 4.69) is 5.11 Å². The van der Waals surface area contributed by atoms with Gasteiger partial charge in [0, 0.05) is 0 Å². The standard InChI is InChI=1S/C13H20N2O5S/c14-15-13-5-8-3-9(6-13)12(10(4-8)7-13)20-11(16)1-2-21(17,18)19/h8-10,12,14H,1-7H2,(H,17,18,19). The lowest BCUT2D eigenvalue weighted by Crippen LogP contribution is -2.57. The summed E-state index contributed by atoms with van der Waals surface area (Å²) in [6.45, 7) is 0. The second-order valence-corrected chi connectivity index (χ2v) is 8.37. The highest BCUT2D eigenvalue weighted by atomic mass is 32.2. The van der Waals surface area contributed by atoms with Gasteiger partial charge in [0.15, 0.2) is 0 Å². The molecule has 0 spiro atoms. The van der Waals surface area contributed by atoms with Crippen molar-refractivity contribution in [3.63, 3.8) is 0 Å². The summed E-state index contributed by atoms with van der Waals surface area (Å²) < 4.78 is 35.5. The number of nitrogens with one attached hydrogen (secondary N) is 1. The normalized spacial score (nSPS) is 41.0. The van der Waals surface area contributed by atoms with E-state index in [1.54, 1.807) is 0 Å². The molecule has 0 aromatic heterocycles. The Hall–Kier alpha value is -1.02. The van der Waals surface area contributed by atoms with E-state index in [4.69, 9.17) is 14.8 Å². The molecule has 4 fully saturated rings. The summed E-state index contributed by atoms with van der Waals surface area (Å²) >= 11 is 0. The van der Waals surface area contributed by atoms with Crippen molar-refractivity contribution in [3.05, 3.63) is 0 Å². The highest BCUT2D eigenvalue weighted by Crippen LogP contribution is 2.58. The molecule has 4 aliphatic carbocycles. The van der Waals surface area contributed by atoms with Crippen molar-refractivity contribution >= 4 is 16.1 Å². The van der Waals surface area contributed by atoms with Crippen LogP contribution in [-0.4, -0.2) is 36.3 Å². The van der Waals surface area contributed by atoms with Crippen LogP contribution in [0.25, 0.3) is 0 Å². The Labute approximate surface area is 123 Å². The van der Waals surface area contributed by atoms with Crippen molar-refractivity contribution in [2.45, 2.75) is 50.2 Å². The number of carbonyl (C=O) groups excluding carboxylic acids is 1. The predicted octanol–water partition coefficient (Wildman–Crippen LogP) is 1.79. The van der Waals surface area contributed by atoms with Crippen LogP contribution in [0.4, 0.5) is 0 Å². The van der Waals surface area contributed by atoms with Gasteiger partial charge in [0.25, 0.3) is 10.1 Å². The first-order valence-corrected chi connectivity index (χ1v) is 8.94. The fourth-order valence-corrected chi connectivity index (χ4v) is 5.11. The Morgan fingerprint density at radius 2 is 1.90 bits per heavy atom. The van der Waals surface area contributed by atoms with E-state index in [1.165, 1.54) is 0 Å². The van der Waals surface area contributed by atoms with E-state index < -0.39 is 21.8 Å². The van der Waals surface area contributed by atoms with Crippen LogP contribution in [0.2, 0.25) is 0 Å². The molecule has 0 aromatic rings. The maximum Gasteiger partial charge on any atom is 0.307 e. The Balaban J connectivity index is 1.63. The van der Waals surface area contributed by atoms with E-state index in [9.17, 15) is 13.2 Å². The first kappa shape index (κ1) is 14.9. The number of rotatable bonds is 5. The molecule has 0 amide bonds. The maximum absolute atomic E-state index is 11.8. The Morgan fingerprint density at radius 1 is 1.29 bits per heavy atom. The first-order chi connectivity index (χ1) is 9.80. The van der Waals surface area contributed by atoms with Crippen molar-refractivity contribution in [1.29, 1.82) is 5.53 Å². The largest absolute Gasteiger partial charge is 0.462 e. The zero-order valence-corrected chi connectivity index (χ0v) is 12.5. The van der Waals surface area contributed by atoms with E-state index in [0.29, 0.717) is 5.92 Å². The third kappa shape index (κ3) is 2.96. The molecule has 4 aliphatic rings. The SMILES string of the molecule is N=NC12CC3CC(C1)C(OC(=O)CCS(=O)(=O)O)C(C3)C2. The maximum atomic E-state index is 11.8. The molecule has 21 heavy (non-hydrogen) atoms. The summed E-state index contributed by atoms with van der Waals surface area (Å²) in [6.07, 6.45) is 4.08. The lowest BCUT2D eigenvalue weighted by molar-refractivity contribution is -0.172. The van der Waals surface area contributed by atoms with Crippen molar-refractivity contribution in [2.75, 3.05) is 5.75 Å². The second kappa shape index (κ2) is 5.01. The van der Waals surface area contributed by atoms with Crippen molar-refractivity contribution < 1.29 is 22.5 Å². The minimum atomic E-state index is -4.13. The number of hydrogen-bond acceptors (Lipinski definition) is 6. The molecular formula is C13H20N2O5S. The van der Waals surface area contributed by atoms with Gasteiger partial charge in [-0.05, 0) is 49.9 Å². The van der Waals surface area contributed by atoms with Gasteiger partial charge in [0.1, 0.15) is 6.10 Å². The summed E-state index contributed by atoms with van der Waals surface area (Å²) in [5.74, 6) is -0.117. The lowest BCUT2D eigenvalue weighted by atomic mass is 9.52. The average Bonchev–Trinajstić information content (AvgIpc) is 2.39. The second-order valence-electron chi connectivity index (χ2n) is 6.80. The van der Waals surface area contributed by atoms with E-state index in [-0.39, 0.29) is 29.9 Å². The summed E-state index contributed by atoms with van der Waals surface area (Å²) in [5, 5.41) is 3.86. The molecule has 7 nitrogen and oxygen atoms in total. The Kier molecular flexibility index (Phi) is 3.56. The van der Waals surface area contributed by atoms with Crippen LogP contribution in [-0.2, 0) is 19.6 Å². The van der Waals surface area contributed by atoms with E-state index in [1.807, 2.05) is 0 Å². The van der Waals surface area contributed by atoms with Gasteiger partial charge in [-0.3, -0.25) is 9.35 Å². The van der Waals surface area contributed by atoms with Gasteiger partial charge < -0.3 is 4.74 Å². The van der Waals surface area contributed by atoms with Crippen LogP contribution in [0.1, 0.15) is 38.5 Å². The molecule has 2 unspecified atom stereocenters. The molecule has 0 aromatic carbocycles. The van der Waals surface area contributed by atoms with Gasteiger partial charge in [0.05, 0.1) is 17.7 Å². The van der Waals surface area contributed by atoms with Crippen LogP contribution < -0.4 is 0 Å². The molecule has 2 atom stereocenters. The van der Waals surface area contributed by atoms with Crippen molar-refractivity contribution in [2.24, 2.45) is 22.9 Å². The first-order valence-electron chi connectivity index (χ1n) is 7.33. The molecule has 118 valence electrons. The van der Waals surface area contributed by atoms with Crippen LogP contribution >= 0.6 is 0 Å². The molecule has 0 heterocycles. The molecule has 0 radical (unpaired) electrons. The highest BCUT2D eigenvalue weighted by Gasteiger charge is 2.57. The number of hydrogen-bond donors (Lipinski definition) is 2. The summed E-state index contributed by atoms with van der Waals surface area (Å²) in [4.78, 5) is 11.8. The number of carbonyl (C=O) groups is 1. The number of nitrogens with zero attached hydrogens (tertiary/aromatic N) is 1. The molecule has 4 saturated carbocycles. The third-order valence-electron chi connectivity index (χ3n) is 5.22. The number of esters is 1. The topological polar surface area (TPSA) is 117 Å². The zero-order chi connectivity index (χ0) is 15.3. The number of ether oxygens (including phenoxy) is 1. The fourth-order valence-electron chi connectivity index (χ4n) is 4.69. The molecule has 2 N–H and O–H groups in total. The van der Waals surface area contributed by atoms with Crippen LogP contribution in [0.15, 0.2) is 5.11 Å². The smallest absolute Gasteiger partial charge is 0.307 e. The Bertz CT molecular complexity index is 545. The summed E-state index contributed by atoms with van der Waals surface area (Å²) in [6, 6.07) is 0. The fraction of sp³-hybridized carbons (Fsp3) is 0.923. The third-order valence-corrected chi connectivity index (χ3v) is 5.94. The van der Waals surface area contributed by atoms with Crippen molar-refractivity contribution in [3.8, 4) is 0 Å². The molecule has 4 bridgehead atoms. The minimum absolute atomic E-state index is 0.176. The average molecular weight is 316 g/mol. The summed E-state index contributed by atoms with van der Waals surface area (Å²) in [5.41, 5.74) is 7.20. The Morgan fingerprint density at radius 3 is 2.43 bits per heavy atom. The van der Waals surface area contributed by atoms with Gasteiger partial charge in [-0.15, -0.1) is 0 Å². The van der Waals surface area contributed by atoms with Crippen LogP contribution in [0, 0.1) is 23.3 Å². The highest BCUT2D eigenvalue weighted by molar-refractivity contribution is 7.85. The van der Waals surface area contributed by atoms with Gasteiger partial charge in [-0.25, -0.2) is 5.53 Å². The zero-order valence-electron chi connectivity index (χ0n) is 11.7. The predicted molar refractivity (Wildman–Crippen MR) is 72.3 cm³/mol. The molecular weight excluding hydrogens is 296 g/mol. The van der Waals surface area contributed by atoms with E-state index >= 15 is 0 Å². The van der Waals surface area contributed by atoms with Crippen molar-refractivity contribution in [1.82, 2.24) is 0 Å². The minimum Gasteiger partial charge on any atom is -0.462 e. The monoisotopic (exact) mass is 316 g/mol. The lowest BCUT2D eigenvalue weighted by Gasteiger charge is -2.57. The van der Waals surface area contributed by atoms with E-state index in [0.717, 1.165) is 32.1 Å². The van der Waals surface area contributed by atoms with Gasteiger partial charge in [0.2, 0.25) is 0 Å². The quantitative estimate of drug-likeness (QED) is 0.455. The van der Waals surface area contributed by atoms with Gasteiger partial charge in [-0.1, -0.05) is 0 Å². The molecule has 0 aliphatic heterocycles. The van der Waals surface area contributed by atoms with Crippen LogP contribution in [0.3, 0.4) is 0 Å².